The average Bonchev–Trinajstić information content (AvgIpc) is 2.36. The molecule has 1 N–H and O–H groups in total. The van der Waals surface area contributed by atoms with Crippen molar-refractivity contribution in [2.75, 3.05) is 13.0 Å². The molecule has 19 heavy (non-hydrogen) atoms. The molecule has 4 heteroatoms. The van der Waals surface area contributed by atoms with E-state index in [1.807, 2.05) is 13.1 Å². The van der Waals surface area contributed by atoms with Crippen LogP contribution in [0.15, 0.2) is 6.20 Å². The molecule has 0 bridgehead atoms. The molecule has 0 fully saturated rings. The maximum atomic E-state index is 5.85. The van der Waals surface area contributed by atoms with Crippen LogP contribution in [0.1, 0.15) is 37.1 Å². The third-order valence-electron chi connectivity index (χ3n) is 3.51. The van der Waals surface area contributed by atoms with Gasteiger partial charge in [0.15, 0.2) is 0 Å². The SMILES string of the molecule is COc1c(C)cnc(CNC(CCCl)C(C)C)c1C. The molecule has 1 unspecified atom stereocenters. The molecule has 0 spiro atoms. The Morgan fingerprint density at radius 1 is 1.37 bits per heavy atom. The molecule has 0 amide bonds. The molecule has 1 rings (SSSR count). The normalized spacial score (nSPS) is 12.8. The fourth-order valence-corrected chi connectivity index (χ4v) is 2.50. The van der Waals surface area contributed by atoms with Gasteiger partial charge in [-0.15, -0.1) is 11.6 Å². The first kappa shape index (κ1) is 16.3. The number of halogens is 1. The van der Waals surface area contributed by atoms with E-state index < -0.39 is 0 Å². The third-order valence-corrected chi connectivity index (χ3v) is 3.72. The second kappa shape index (κ2) is 7.71. The Balaban J connectivity index is 2.77. The van der Waals surface area contributed by atoms with Crippen molar-refractivity contribution in [2.24, 2.45) is 5.92 Å². The van der Waals surface area contributed by atoms with Crippen molar-refractivity contribution in [3.05, 3.63) is 23.0 Å². The second-order valence-electron chi connectivity index (χ2n) is 5.26. The number of nitrogens with zero attached hydrogens (tertiary/aromatic N) is 1. The Labute approximate surface area is 121 Å². The lowest BCUT2D eigenvalue weighted by Crippen LogP contribution is -2.34. The first-order valence-electron chi connectivity index (χ1n) is 6.79. The monoisotopic (exact) mass is 284 g/mol. The van der Waals surface area contributed by atoms with Gasteiger partial charge in [-0.2, -0.15) is 0 Å². The van der Waals surface area contributed by atoms with Crippen LogP contribution in [-0.4, -0.2) is 24.0 Å². The van der Waals surface area contributed by atoms with Crippen molar-refractivity contribution >= 4 is 11.6 Å². The van der Waals surface area contributed by atoms with E-state index in [1.54, 1.807) is 7.11 Å². The molecule has 1 aromatic rings. The number of hydrogen-bond acceptors (Lipinski definition) is 3. The lowest BCUT2D eigenvalue weighted by atomic mass is 10.0. The maximum Gasteiger partial charge on any atom is 0.128 e. The van der Waals surface area contributed by atoms with Crippen molar-refractivity contribution in [2.45, 2.75) is 46.7 Å². The number of aromatic nitrogens is 1. The van der Waals surface area contributed by atoms with E-state index in [0.29, 0.717) is 17.8 Å². The summed E-state index contributed by atoms with van der Waals surface area (Å²) < 4.78 is 5.43. The average molecular weight is 285 g/mol. The van der Waals surface area contributed by atoms with Crippen LogP contribution < -0.4 is 10.1 Å². The second-order valence-corrected chi connectivity index (χ2v) is 5.63. The first-order chi connectivity index (χ1) is 9.01. The lowest BCUT2D eigenvalue weighted by Gasteiger charge is -2.22. The topological polar surface area (TPSA) is 34.1 Å². The van der Waals surface area contributed by atoms with Crippen LogP contribution >= 0.6 is 11.6 Å². The maximum absolute atomic E-state index is 5.85. The standard InChI is InChI=1S/C15H25ClN2O/c1-10(2)13(6-7-16)18-9-14-12(4)15(19-5)11(3)8-17-14/h8,10,13,18H,6-7,9H2,1-5H3. The summed E-state index contributed by atoms with van der Waals surface area (Å²) in [5, 5.41) is 3.55. The zero-order valence-electron chi connectivity index (χ0n) is 12.6. The number of pyridine rings is 1. The van der Waals surface area contributed by atoms with Crippen LogP contribution in [0.4, 0.5) is 0 Å². The number of rotatable bonds is 7. The minimum absolute atomic E-state index is 0.422. The summed E-state index contributed by atoms with van der Waals surface area (Å²) in [7, 11) is 1.71. The summed E-state index contributed by atoms with van der Waals surface area (Å²) in [6, 6.07) is 0.422. The molecule has 0 aliphatic rings. The van der Waals surface area contributed by atoms with Crippen molar-refractivity contribution in [1.82, 2.24) is 10.3 Å². The van der Waals surface area contributed by atoms with Crippen LogP contribution in [0, 0.1) is 19.8 Å². The van der Waals surface area contributed by atoms with Crippen LogP contribution in [0.2, 0.25) is 0 Å². The van der Waals surface area contributed by atoms with Crippen molar-refractivity contribution < 1.29 is 4.74 Å². The Bertz CT molecular complexity index is 407. The highest BCUT2D eigenvalue weighted by atomic mass is 35.5. The van der Waals surface area contributed by atoms with E-state index >= 15 is 0 Å². The molecular weight excluding hydrogens is 260 g/mol. The van der Waals surface area contributed by atoms with Gasteiger partial charge in [-0.3, -0.25) is 4.98 Å². The van der Waals surface area contributed by atoms with Gasteiger partial charge in [0.1, 0.15) is 5.75 Å². The van der Waals surface area contributed by atoms with E-state index in [9.17, 15) is 0 Å². The zero-order chi connectivity index (χ0) is 14.4. The predicted octanol–water partition coefficient (Wildman–Crippen LogP) is 3.45. The van der Waals surface area contributed by atoms with Gasteiger partial charge < -0.3 is 10.1 Å². The van der Waals surface area contributed by atoms with Gasteiger partial charge in [0, 0.05) is 35.8 Å². The van der Waals surface area contributed by atoms with Gasteiger partial charge in [0.05, 0.1) is 12.8 Å². The Morgan fingerprint density at radius 2 is 2.05 bits per heavy atom. The molecule has 3 nitrogen and oxygen atoms in total. The molecule has 0 aromatic carbocycles. The molecule has 0 radical (unpaired) electrons. The molecule has 1 atom stereocenters. The van der Waals surface area contributed by atoms with E-state index in [-0.39, 0.29) is 0 Å². The lowest BCUT2D eigenvalue weighted by molar-refractivity contribution is 0.383. The van der Waals surface area contributed by atoms with Crippen LogP contribution in [0.5, 0.6) is 5.75 Å². The molecule has 108 valence electrons. The number of nitrogens with one attached hydrogen (secondary N) is 1. The summed E-state index contributed by atoms with van der Waals surface area (Å²) in [6.07, 6.45) is 2.84. The molecular formula is C15H25ClN2O. The molecule has 0 saturated carbocycles. The van der Waals surface area contributed by atoms with E-state index in [1.165, 1.54) is 0 Å². The molecule has 1 heterocycles. The van der Waals surface area contributed by atoms with Gasteiger partial charge in [-0.05, 0) is 26.2 Å². The van der Waals surface area contributed by atoms with Crippen molar-refractivity contribution in [1.29, 1.82) is 0 Å². The molecule has 0 aliphatic carbocycles. The van der Waals surface area contributed by atoms with Gasteiger partial charge >= 0.3 is 0 Å². The van der Waals surface area contributed by atoms with Crippen LogP contribution in [0.3, 0.4) is 0 Å². The van der Waals surface area contributed by atoms with Gasteiger partial charge in [-0.1, -0.05) is 13.8 Å². The van der Waals surface area contributed by atoms with Gasteiger partial charge in [0.2, 0.25) is 0 Å². The van der Waals surface area contributed by atoms with Crippen LogP contribution in [-0.2, 0) is 6.54 Å². The fraction of sp³-hybridized carbons (Fsp3) is 0.667. The van der Waals surface area contributed by atoms with Crippen molar-refractivity contribution in [3.8, 4) is 5.75 Å². The van der Waals surface area contributed by atoms with Crippen LogP contribution in [0.25, 0.3) is 0 Å². The highest BCUT2D eigenvalue weighted by Crippen LogP contribution is 2.24. The predicted molar refractivity (Wildman–Crippen MR) is 81.1 cm³/mol. The Kier molecular flexibility index (Phi) is 6.59. The molecule has 0 aliphatic heterocycles. The minimum Gasteiger partial charge on any atom is -0.496 e. The molecule has 0 saturated heterocycles. The fourth-order valence-electron chi connectivity index (χ4n) is 2.27. The van der Waals surface area contributed by atoms with Gasteiger partial charge in [0.25, 0.3) is 0 Å². The number of ether oxygens (including phenoxy) is 1. The summed E-state index contributed by atoms with van der Waals surface area (Å²) in [5.41, 5.74) is 3.23. The summed E-state index contributed by atoms with van der Waals surface area (Å²) in [6.45, 7) is 9.24. The van der Waals surface area contributed by atoms with E-state index in [0.717, 1.165) is 35.5 Å². The number of aryl methyl sites for hydroxylation is 1. The number of hydrogen-bond donors (Lipinski definition) is 1. The number of methoxy groups -OCH3 is 1. The zero-order valence-corrected chi connectivity index (χ0v) is 13.3. The minimum atomic E-state index is 0.422. The Hall–Kier alpha value is -0.800. The van der Waals surface area contributed by atoms with E-state index in [4.69, 9.17) is 16.3 Å². The van der Waals surface area contributed by atoms with Gasteiger partial charge in [-0.25, -0.2) is 0 Å². The smallest absolute Gasteiger partial charge is 0.128 e. The summed E-state index contributed by atoms with van der Waals surface area (Å²) in [4.78, 5) is 4.50. The highest BCUT2D eigenvalue weighted by Gasteiger charge is 2.14. The molecule has 1 aromatic heterocycles. The Morgan fingerprint density at radius 3 is 2.58 bits per heavy atom. The summed E-state index contributed by atoms with van der Waals surface area (Å²) >= 11 is 5.85. The first-order valence-corrected chi connectivity index (χ1v) is 7.33. The summed E-state index contributed by atoms with van der Waals surface area (Å²) in [5.74, 6) is 2.18. The highest BCUT2D eigenvalue weighted by molar-refractivity contribution is 6.17. The quantitative estimate of drug-likeness (QED) is 0.779. The third kappa shape index (κ3) is 4.36. The van der Waals surface area contributed by atoms with E-state index in [2.05, 4.69) is 31.1 Å². The number of alkyl halides is 1. The largest absolute Gasteiger partial charge is 0.496 e. The van der Waals surface area contributed by atoms with Crippen molar-refractivity contribution in [3.63, 3.8) is 0 Å².